The smallest absolute Gasteiger partial charge is 0.279 e. The molecule has 1 heterocycles. The molecule has 1 aromatic carbocycles. The number of halogens is 1. The number of nitrogens with zero attached hydrogens (tertiary/aromatic N) is 1. The lowest BCUT2D eigenvalue weighted by Gasteiger charge is -2.15. The first-order valence-electron chi connectivity index (χ1n) is 7.08. The fourth-order valence-corrected chi connectivity index (χ4v) is 3.01. The molecule has 2 aromatic rings. The molecule has 24 heavy (non-hydrogen) atoms. The van der Waals surface area contributed by atoms with Crippen molar-refractivity contribution in [1.29, 1.82) is 0 Å². The van der Waals surface area contributed by atoms with Crippen molar-refractivity contribution >= 4 is 44.3 Å². The molecule has 0 aliphatic rings. The zero-order chi connectivity index (χ0) is 17.7. The summed E-state index contributed by atoms with van der Waals surface area (Å²) >= 11 is 4.52. The maximum absolute atomic E-state index is 12.2. The van der Waals surface area contributed by atoms with Gasteiger partial charge in [-0.05, 0) is 43.6 Å². The zero-order valence-electron chi connectivity index (χ0n) is 13.3. The number of ether oxygens (including phenoxy) is 1. The lowest BCUT2D eigenvalue weighted by Crippen LogP contribution is -2.47. The van der Waals surface area contributed by atoms with Crippen LogP contribution in [0.25, 0.3) is 0 Å². The number of hydrazine groups is 1. The van der Waals surface area contributed by atoms with Gasteiger partial charge in [0.25, 0.3) is 11.8 Å². The van der Waals surface area contributed by atoms with Crippen LogP contribution in [-0.4, -0.2) is 29.3 Å². The van der Waals surface area contributed by atoms with Gasteiger partial charge >= 0.3 is 0 Å². The van der Waals surface area contributed by atoms with E-state index in [1.165, 1.54) is 11.5 Å². The van der Waals surface area contributed by atoms with Crippen LogP contribution in [0.5, 0.6) is 5.75 Å². The summed E-state index contributed by atoms with van der Waals surface area (Å²) in [5, 5.41) is 3.54. The lowest BCUT2D eigenvalue weighted by atomic mass is 10.2. The quantitative estimate of drug-likeness (QED) is 0.656. The molecule has 1 aromatic heterocycles. The van der Waals surface area contributed by atoms with Crippen molar-refractivity contribution < 1.29 is 14.3 Å². The van der Waals surface area contributed by atoms with E-state index in [-0.39, 0.29) is 0 Å². The number of nitrogens with one attached hydrogen (secondary N) is 3. The minimum atomic E-state index is -0.773. The van der Waals surface area contributed by atoms with Gasteiger partial charge < -0.3 is 10.1 Å². The molecule has 1 atom stereocenters. The molecule has 0 bridgehead atoms. The number of amides is 2. The number of benzene rings is 1. The Kier molecular flexibility index (Phi) is 6.16. The predicted molar refractivity (Wildman–Crippen MR) is 96.2 cm³/mol. The van der Waals surface area contributed by atoms with E-state index in [9.17, 15) is 9.59 Å². The molecule has 9 heteroatoms. The van der Waals surface area contributed by atoms with Gasteiger partial charge in [-0.3, -0.25) is 20.4 Å². The van der Waals surface area contributed by atoms with Crippen LogP contribution in [0.2, 0.25) is 0 Å². The number of aryl methyl sites for hydroxylation is 1. The van der Waals surface area contributed by atoms with E-state index in [0.29, 0.717) is 22.0 Å². The number of carbonyl (C=O) groups excluding carboxylic acids is 2. The number of carbonyl (C=O) groups is 2. The van der Waals surface area contributed by atoms with E-state index in [0.717, 1.165) is 4.47 Å². The summed E-state index contributed by atoms with van der Waals surface area (Å²) in [6.45, 7) is 3.33. The van der Waals surface area contributed by atoms with Crippen LogP contribution >= 0.6 is 27.5 Å². The summed E-state index contributed by atoms with van der Waals surface area (Å²) in [4.78, 5) is 24.2. The highest BCUT2D eigenvalue weighted by atomic mass is 79.9. The zero-order valence-corrected chi connectivity index (χ0v) is 15.7. The van der Waals surface area contributed by atoms with Crippen molar-refractivity contribution in [3.8, 4) is 5.75 Å². The van der Waals surface area contributed by atoms with E-state index >= 15 is 0 Å². The summed E-state index contributed by atoms with van der Waals surface area (Å²) < 4.78 is 10.5. The highest BCUT2D eigenvalue weighted by Gasteiger charge is 2.20. The van der Waals surface area contributed by atoms with Gasteiger partial charge in [-0.1, -0.05) is 22.0 Å². The van der Waals surface area contributed by atoms with Gasteiger partial charge in [0.15, 0.2) is 6.10 Å². The summed E-state index contributed by atoms with van der Waals surface area (Å²) in [7, 11) is 1.70. The van der Waals surface area contributed by atoms with Crippen molar-refractivity contribution in [2.75, 3.05) is 12.4 Å². The van der Waals surface area contributed by atoms with Crippen LogP contribution in [0, 0.1) is 6.92 Å². The summed E-state index contributed by atoms with van der Waals surface area (Å²) in [5.74, 6) is -0.350. The van der Waals surface area contributed by atoms with E-state index in [1.807, 2.05) is 6.07 Å². The highest BCUT2D eigenvalue weighted by molar-refractivity contribution is 9.10. The largest absolute Gasteiger partial charge is 0.481 e. The topological polar surface area (TPSA) is 92.4 Å². The second kappa shape index (κ2) is 8.11. The molecule has 3 N–H and O–H groups in total. The number of hydrogen-bond acceptors (Lipinski definition) is 6. The SMILES string of the molecule is CNc1snc(C)c1C(=O)NNC(=O)C(C)Oc1cccc(Br)c1. The third kappa shape index (κ3) is 4.45. The van der Waals surface area contributed by atoms with Crippen LogP contribution in [0.3, 0.4) is 0 Å². The molecule has 128 valence electrons. The summed E-state index contributed by atoms with van der Waals surface area (Å²) in [6, 6.07) is 7.15. The minimum Gasteiger partial charge on any atom is -0.481 e. The Morgan fingerprint density at radius 1 is 1.33 bits per heavy atom. The van der Waals surface area contributed by atoms with Crippen molar-refractivity contribution in [3.05, 3.63) is 40.0 Å². The molecule has 7 nitrogen and oxygen atoms in total. The van der Waals surface area contributed by atoms with Crippen molar-refractivity contribution in [2.24, 2.45) is 0 Å². The Morgan fingerprint density at radius 2 is 2.08 bits per heavy atom. The molecule has 1 unspecified atom stereocenters. The number of anilines is 1. The van der Waals surface area contributed by atoms with E-state index in [4.69, 9.17) is 4.74 Å². The number of rotatable bonds is 5. The number of hydrogen-bond donors (Lipinski definition) is 3. The fraction of sp³-hybridized carbons (Fsp3) is 0.267. The predicted octanol–water partition coefficient (Wildman–Crippen LogP) is 2.48. The maximum Gasteiger partial charge on any atom is 0.279 e. The summed E-state index contributed by atoms with van der Waals surface area (Å²) in [5.41, 5.74) is 5.73. The molecule has 0 aliphatic heterocycles. The molecular weight excluding hydrogens is 396 g/mol. The average Bonchev–Trinajstić information content (AvgIpc) is 2.93. The Balaban J connectivity index is 1.92. The Bertz CT molecular complexity index is 750. The highest BCUT2D eigenvalue weighted by Crippen LogP contribution is 2.23. The molecule has 2 amide bonds. The third-order valence-electron chi connectivity index (χ3n) is 3.09. The van der Waals surface area contributed by atoms with Gasteiger partial charge in [0.05, 0.1) is 11.3 Å². The minimum absolute atomic E-state index is 0.406. The van der Waals surface area contributed by atoms with Crippen LogP contribution < -0.4 is 20.9 Å². The van der Waals surface area contributed by atoms with E-state index in [1.54, 1.807) is 39.1 Å². The second-order valence-electron chi connectivity index (χ2n) is 4.88. The van der Waals surface area contributed by atoms with Crippen molar-refractivity contribution in [3.63, 3.8) is 0 Å². The molecule has 0 aliphatic carbocycles. The second-order valence-corrected chi connectivity index (χ2v) is 6.57. The van der Waals surface area contributed by atoms with Gasteiger partial charge in [-0.2, -0.15) is 4.37 Å². The first-order chi connectivity index (χ1) is 11.4. The number of aromatic nitrogens is 1. The van der Waals surface area contributed by atoms with E-state index in [2.05, 4.69) is 36.5 Å². The molecule has 0 saturated carbocycles. The molecule has 0 fully saturated rings. The first-order valence-corrected chi connectivity index (χ1v) is 8.65. The van der Waals surface area contributed by atoms with Crippen molar-refractivity contribution in [1.82, 2.24) is 15.2 Å². The van der Waals surface area contributed by atoms with Crippen molar-refractivity contribution in [2.45, 2.75) is 20.0 Å². The van der Waals surface area contributed by atoms with Crippen LogP contribution in [-0.2, 0) is 4.79 Å². The first kappa shape index (κ1) is 18.2. The molecule has 0 saturated heterocycles. The normalized spacial score (nSPS) is 11.5. The molecule has 2 rings (SSSR count). The third-order valence-corrected chi connectivity index (χ3v) is 4.54. The summed E-state index contributed by atoms with van der Waals surface area (Å²) in [6.07, 6.45) is -0.773. The van der Waals surface area contributed by atoms with Crippen LogP contribution in [0.1, 0.15) is 23.0 Å². The van der Waals surface area contributed by atoms with Gasteiger partial charge in [-0.15, -0.1) is 0 Å². The van der Waals surface area contributed by atoms with Crippen LogP contribution in [0.4, 0.5) is 5.00 Å². The fourth-order valence-electron chi connectivity index (χ4n) is 1.89. The average molecular weight is 413 g/mol. The standard InChI is InChI=1S/C15H17BrN4O3S/c1-8-12(15(17-3)24-20-8)14(22)19-18-13(21)9(2)23-11-6-4-5-10(16)7-11/h4-7,9,17H,1-3H3,(H,18,21)(H,19,22). The Labute approximate surface area is 152 Å². The lowest BCUT2D eigenvalue weighted by molar-refractivity contribution is -0.128. The Hall–Kier alpha value is -2.13. The van der Waals surface area contributed by atoms with Crippen LogP contribution in [0.15, 0.2) is 28.7 Å². The molecular formula is C15H17BrN4O3S. The van der Waals surface area contributed by atoms with E-state index < -0.39 is 17.9 Å². The monoisotopic (exact) mass is 412 g/mol. The maximum atomic E-state index is 12.2. The molecule has 0 spiro atoms. The molecule has 0 radical (unpaired) electrons. The van der Waals surface area contributed by atoms with Gasteiger partial charge in [-0.25, -0.2) is 0 Å². The van der Waals surface area contributed by atoms with Gasteiger partial charge in [0, 0.05) is 11.5 Å². The Morgan fingerprint density at radius 3 is 2.75 bits per heavy atom. The van der Waals surface area contributed by atoms with Gasteiger partial charge in [0.2, 0.25) is 0 Å². The van der Waals surface area contributed by atoms with Gasteiger partial charge in [0.1, 0.15) is 10.8 Å².